The molecule has 0 saturated carbocycles. The summed E-state index contributed by atoms with van der Waals surface area (Å²) < 4.78 is 12.8. The molecule has 7 heteroatoms. The van der Waals surface area contributed by atoms with E-state index < -0.39 is 0 Å². The lowest BCUT2D eigenvalue weighted by Gasteiger charge is -2.28. The van der Waals surface area contributed by atoms with Crippen LogP contribution < -0.4 is 9.80 Å². The predicted octanol–water partition coefficient (Wildman–Crippen LogP) is 4.12. The van der Waals surface area contributed by atoms with Gasteiger partial charge in [-0.05, 0) is 66.2 Å². The van der Waals surface area contributed by atoms with E-state index in [9.17, 15) is 4.79 Å². The van der Waals surface area contributed by atoms with Gasteiger partial charge in [-0.1, -0.05) is 6.07 Å². The first-order chi connectivity index (χ1) is 17.7. The monoisotopic (exact) mass is 482 g/mol. The van der Waals surface area contributed by atoms with Gasteiger partial charge in [-0.25, -0.2) is 4.68 Å². The van der Waals surface area contributed by atoms with E-state index in [2.05, 4.69) is 51.3 Å². The van der Waals surface area contributed by atoms with E-state index in [1.54, 1.807) is 0 Å². The normalized spacial score (nSPS) is 16.4. The number of fused-ring (bicyclic) bond motifs is 1. The summed E-state index contributed by atoms with van der Waals surface area (Å²) in [6.45, 7) is 6.66. The highest BCUT2D eigenvalue weighted by Crippen LogP contribution is 2.24. The number of hydrogen-bond acceptors (Lipinski definition) is 6. The van der Waals surface area contributed by atoms with Crippen LogP contribution in [0, 0.1) is 0 Å². The number of ether oxygens (including phenoxy) is 2. The van der Waals surface area contributed by atoms with E-state index in [1.807, 2.05) is 41.2 Å². The Morgan fingerprint density at radius 1 is 0.722 bits per heavy atom. The van der Waals surface area contributed by atoms with Gasteiger partial charge >= 0.3 is 0 Å². The van der Waals surface area contributed by atoms with Crippen LogP contribution in [0.1, 0.15) is 15.9 Å². The molecule has 4 aromatic rings. The molecule has 1 aromatic heterocycles. The van der Waals surface area contributed by atoms with Gasteiger partial charge in [-0.3, -0.25) is 4.79 Å². The van der Waals surface area contributed by atoms with Gasteiger partial charge < -0.3 is 19.3 Å². The fourth-order valence-corrected chi connectivity index (χ4v) is 4.99. The largest absolute Gasteiger partial charge is 0.378 e. The van der Waals surface area contributed by atoms with Crippen molar-refractivity contribution in [3.63, 3.8) is 0 Å². The van der Waals surface area contributed by atoms with Crippen LogP contribution in [0.2, 0.25) is 0 Å². The van der Waals surface area contributed by atoms with E-state index in [0.717, 1.165) is 86.0 Å². The van der Waals surface area contributed by atoms with Crippen LogP contribution in [0.25, 0.3) is 16.6 Å². The van der Waals surface area contributed by atoms with Gasteiger partial charge in [-0.15, -0.1) is 0 Å². The van der Waals surface area contributed by atoms with Crippen molar-refractivity contribution in [2.75, 3.05) is 62.4 Å². The van der Waals surface area contributed by atoms with E-state index in [0.29, 0.717) is 6.42 Å². The molecule has 36 heavy (non-hydrogen) atoms. The number of anilines is 2. The zero-order chi connectivity index (χ0) is 24.3. The topological polar surface area (TPSA) is 59.8 Å². The van der Waals surface area contributed by atoms with Crippen molar-refractivity contribution in [1.82, 2.24) is 9.78 Å². The first kappa shape index (κ1) is 22.8. The van der Waals surface area contributed by atoms with Crippen LogP contribution in [0.15, 0.2) is 72.9 Å². The molecule has 3 aromatic carbocycles. The van der Waals surface area contributed by atoms with Gasteiger partial charge in [0.25, 0.3) is 0 Å². The fraction of sp³-hybridized carbons (Fsp3) is 0.310. The minimum Gasteiger partial charge on any atom is -0.378 e. The third-order valence-corrected chi connectivity index (χ3v) is 7.03. The molecule has 2 aliphatic heterocycles. The van der Waals surface area contributed by atoms with Crippen LogP contribution in [0.3, 0.4) is 0 Å². The number of rotatable bonds is 6. The Morgan fingerprint density at radius 3 is 1.89 bits per heavy atom. The Hall–Kier alpha value is -3.68. The maximum atomic E-state index is 13.0. The maximum Gasteiger partial charge on any atom is 0.167 e. The second-order valence-corrected chi connectivity index (χ2v) is 9.31. The van der Waals surface area contributed by atoms with Gasteiger partial charge in [0.15, 0.2) is 5.78 Å². The van der Waals surface area contributed by atoms with Gasteiger partial charge in [0, 0.05) is 54.9 Å². The van der Waals surface area contributed by atoms with Crippen LogP contribution in [0.5, 0.6) is 0 Å². The summed E-state index contributed by atoms with van der Waals surface area (Å²) in [5.41, 5.74) is 6.13. The smallest absolute Gasteiger partial charge is 0.167 e. The minimum absolute atomic E-state index is 0.119. The summed E-state index contributed by atoms with van der Waals surface area (Å²) in [5.74, 6) is 0.119. The molecule has 0 radical (unpaired) electrons. The van der Waals surface area contributed by atoms with Crippen molar-refractivity contribution in [3.05, 3.63) is 84.1 Å². The molecular formula is C29H30N4O3. The van der Waals surface area contributed by atoms with Crippen molar-refractivity contribution in [3.8, 4) is 5.69 Å². The standard InChI is InChI=1S/C29H30N4O3/c34-29(23-2-4-25(5-3-23)31-11-15-35-16-12-31)20-22-1-10-28-24(19-22)21-30-33(28)27-8-6-26(7-9-27)32-13-17-36-18-14-32/h1-10,19,21H,11-18,20H2. The quantitative estimate of drug-likeness (QED) is 0.385. The Balaban J connectivity index is 1.15. The molecule has 184 valence electrons. The molecule has 7 nitrogen and oxygen atoms in total. The third kappa shape index (κ3) is 4.72. The lowest BCUT2D eigenvalue weighted by Crippen LogP contribution is -2.36. The lowest BCUT2D eigenvalue weighted by molar-refractivity contribution is 0.0993. The molecule has 3 heterocycles. The van der Waals surface area contributed by atoms with Crippen molar-refractivity contribution < 1.29 is 14.3 Å². The zero-order valence-corrected chi connectivity index (χ0v) is 20.3. The molecule has 0 spiro atoms. The number of ketones is 1. The molecule has 6 rings (SSSR count). The second kappa shape index (κ2) is 10.1. The van der Waals surface area contributed by atoms with E-state index in [-0.39, 0.29) is 5.78 Å². The van der Waals surface area contributed by atoms with E-state index in [1.165, 1.54) is 5.69 Å². The number of aromatic nitrogens is 2. The van der Waals surface area contributed by atoms with Gasteiger partial charge in [0.1, 0.15) is 0 Å². The summed E-state index contributed by atoms with van der Waals surface area (Å²) in [7, 11) is 0. The molecular weight excluding hydrogens is 452 g/mol. The van der Waals surface area contributed by atoms with Gasteiger partial charge in [0.05, 0.1) is 43.8 Å². The number of morpholine rings is 2. The average molecular weight is 483 g/mol. The number of Topliss-reactive ketones (excluding diaryl/α,β-unsaturated/α-hetero) is 1. The number of nitrogens with zero attached hydrogens (tertiary/aromatic N) is 4. The fourth-order valence-electron chi connectivity index (χ4n) is 4.99. The molecule has 0 atom stereocenters. The Kier molecular flexibility index (Phi) is 6.40. The van der Waals surface area contributed by atoms with Gasteiger partial charge in [0.2, 0.25) is 0 Å². The summed E-state index contributed by atoms with van der Waals surface area (Å²) in [6, 6.07) is 22.6. The second-order valence-electron chi connectivity index (χ2n) is 9.31. The van der Waals surface area contributed by atoms with E-state index in [4.69, 9.17) is 9.47 Å². The minimum atomic E-state index is 0.119. The Morgan fingerprint density at radius 2 is 1.28 bits per heavy atom. The third-order valence-electron chi connectivity index (χ3n) is 7.03. The van der Waals surface area contributed by atoms with Crippen molar-refractivity contribution in [2.24, 2.45) is 0 Å². The number of hydrogen-bond donors (Lipinski definition) is 0. The number of carbonyl (C=O) groups excluding carboxylic acids is 1. The number of carbonyl (C=O) groups is 1. The Bertz CT molecular complexity index is 1340. The van der Waals surface area contributed by atoms with Crippen LogP contribution in [-0.4, -0.2) is 68.2 Å². The SMILES string of the molecule is O=C(Cc1ccc2c(cnn2-c2ccc(N3CCOCC3)cc2)c1)c1ccc(N2CCOCC2)cc1. The molecule has 0 amide bonds. The lowest BCUT2D eigenvalue weighted by atomic mass is 10.0. The predicted molar refractivity (Wildman–Crippen MR) is 142 cm³/mol. The highest BCUT2D eigenvalue weighted by atomic mass is 16.5. The number of benzene rings is 3. The van der Waals surface area contributed by atoms with Gasteiger partial charge in [-0.2, -0.15) is 5.10 Å². The highest BCUT2D eigenvalue weighted by Gasteiger charge is 2.14. The zero-order valence-electron chi connectivity index (χ0n) is 20.3. The molecule has 2 aliphatic rings. The van der Waals surface area contributed by atoms with Crippen LogP contribution in [0.4, 0.5) is 11.4 Å². The summed E-state index contributed by atoms with van der Waals surface area (Å²) in [4.78, 5) is 17.6. The summed E-state index contributed by atoms with van der Waals surface area (Å²) in [6.07, 6.45) is 2.24. The highest BCUT2D eigenvalue weighted by molar-refractivity contribution is 5.98. The van der Waals surface area contributed by atoms with Crippen LogP contribution >= 0.6 is 0 Å². The van der Waals surface area contributed by atoms with Crippen LogP contribution in [-0.2, 0) is 15.9 Å². The molecule has 0 unspecified atom stereocenters. The Labute approximate surface area is 210 Å². The molecule has 0 bridgehead atoms. The first-order valence-corrected chi connectivity index (χ1v) is 12.6. The van der Waals surface area contributed by atoms with E-state index >= 15 is 0 Å². The van der Waals surface area contributed by atoms with Crippen molar-refractivity contribution in [1.29, 1.82) is 0 Å². The molecule has 0 aliphatic carbocycles. The summed E-state index contributed by atoms with van der Waals surface area (Å²) >= 11 is 0. The maximum absolute atomic E-state index is 13.0. The molecule has 0 N–H and O–H groups in total. The summed E-state index contributed by atoms with van der Waals surface area (Å²) in [5, 5.41) is 5.65. The molecule has 2 fully saturated rings. The average Bonchev–Trinajstić information content (AvgIpc) is 3.37. The first-order valence-electron chi connectivity index (χ1n) is 12.6. The molecule has 2 saturated heterocycles. The van der Waals surface area contributed by atoms with Crippen molar-refractivity contribution in [2.45, 2.75) is 6.42 Å². The van der Waals surface area contributed by atoms with Crippen molar-refractivity contribution >= 4 is 28.1 Å².